The summed E-state index contributed by atoms with van der Waals surface area (Å²) in [6, 6.07) is 22.0. The Kier molecular flexibility index (Phi) is 8.37. The first kappa shape index (κ1) is 27.7. The second-order valence-corrected chi connectivity index (χ2v) is 10.4. The van der Waals surface area contributed by atoms with Gasteiger partial charge in [0, 0.05) is 36.4 Å². The SMILES string of the molecule is NC(=O)C1CN(Cc2nc(-c3ccccc3)c(-c3ccccc3)o2)CCN1CC(=O)Nc1c(Cl)cc(N)cc1Cl. The zero-order chi connectivity index (χ0) is 28.2. The molecule has 9 nitrogen and oxygen atoms in total. The molecule has 206 valence electrons. The molecule has 40 heavy (non-hydrogen) atoms. The van der Waals surface area contributed by atoms with E-state index in [0.717, 1.165) is 16.8 Å². The first-order chi connectivity index (χ1) is 19.3. The summed E-state index contributed by atoms with van der Waals surface area (Å²) in [6.07, 6.45) is 0. The molecule has 5 N–H and O–H groups in total. The van der Waals surface area contributed by atoms with E-state index in [0.29, 0.717) is 43.5 Å². The van der Waals surface area contributed by atoms with Crippen molar-refractivity contribution in [2.24, 2.45) is 5.73 Å². The van der Waals surface area contributed by atoms with Crippen LogP contribution < -0.4 is 16.8 Å². The molecule has 11 heteroatoms. The lowest BCUT2D eigenvalue weighted by atomic mass is 10.1. The second kappa shape index (κ2) is 12.1. The first-order valence-electron chi connectivity index (χ1n) is 12.7. The molecule has 4 aromatic rings. The Balaban J connectivity index is 1.29. The van der Waals surface area contributed by atoms with Crippen molar-refractivity contribution in [3.63, 3.8) is 0 Å². The van der Waals surface area contributed by atoms with Crippen molar-refractivity contribution in [1.82, 2.24) is 14.8 Å². The standard InChI is InChI=1S/C29H28Cl2N6O3/c30-21-13-20(32)14-22(31)27(21)34-24(38)16-37-12-11-36(15-23(37)29(33)39)17-25-35-26(18-7-3-1-4-8-18)28(40-25)19-9-5-2-6-10-19/h1-10,13-14,23H,11-12,15-17,32H2,(H2,33,39)(H,34,38). The molecule has 1 aromatic heterocycles. The highest BCUT2D eigenvalue weighted by Gasteiger charge is 2.33. The van der Waals surface area contributed by atoms with Gasteiger partial charge in [-0.15, -0.1) is 0 Å². The summed E-state index contributed by atoms with van der Waals surface area (Å²) in [5.41, 5.74) is 14.8. The van der Waals surface area contributed by atoms with E-state index in [1.165, 1.54) is 12.1 Å². The van der Waals surface area contributed by atoms with Crippen LogP contribution in [-0.4, -0.2) is 58.8 Å². The summed E-state index contributed by atoms with van der Waals surface area (Å²) in [5, 5.41) is 3.17. The van der Waals surface area contributed by atoms with E-state index in [4.69, 9.17) is 44.1 Å². The monoisotopic (exact) mass is 578 g/mol. The fraction of sp³-hybridized carbons (Fsp3) is 0.207. The number of nitrogens with one attached hydrogen (secondary N) is 1. The number of anilines is 2. The Morgan fingerprint density at radius 1 is 0.975 bits per heavy atom. The molecule has 0 bridgehead atoms. The van der Waals surface area contributed by atoms with Gasteiger partial charge in [0.05, 0.1) is 28.8 Å². The molecule has 0 aliphatic carbocycles. The van der Waals surface area contributed by atoms with Crippen molar-refractivity contribution in [2.75, 3.05) is 37.2 Å². The Morgan fingerprint density at radius 2 is 1.60 bits per heavy atom. The highest BCUT2D eigenvalue weighted by Crippen LogP contribution is 2.34. The molecule has 0 spiro atoms. The molecule has 1 atom stereocenters. The van der Waals surface area contributed by atoms with E-state index >= 15 is 0 Å². The van der Waals surface area contributed by atoms with Gasteiger partial charge in [-0.05, 0) is 12.1 Å². The number of nitrogen functional groups attached to an aromatic ring is 1. The summed E-state index contributed by atoms with van der Waals surface area (Å²) >= 11 is 12.4. The lowest BCUT2D eigenvalue weighted by Gasteiger charge is -2.39. The summed E-state index contributed by atoms with van der Waals surface area (Å²) in [5.74, 6) is 0.313. The van der Waals surface area contributed by atoms with Crippen LogP contribution in [0.25, 0.3) is 22.6 Å². The molecule has 1 unspecified atom stereocenters. The van der Waals surface area contributed by atoms with Gasteiger partial charge in [-0.1, -0.05) is 83.9 Å². The average molecular weight is 579 g/mol. The number of aromatic nitrogens is 1. The molecule has 1 saturated heterocycles. The van der Waals surface area contributed by atoms with Crippen molar-refractivity contribution >= 4 is 46.4 Å². The van der Waals surface area contributed by atoms with E-state index in [2.05, 4.69) is 5.32 Å². The minimum Gasteiger partial charge on any atom is -0.439 e. The van der Waals surface area contributed by atoms with Crippen LogP contribution in [0.3, 0.4) is 0 Å². The van der Waals surface area contributed by atoms with Gasteiger partial charge in [0.25, 0.3) is 0 Å². The largest absolute Gasteiger partial charge is 0.439 e. The first-order valence-corrected chi connectivity index (χ1v) is 13.4. The number of halogens is 2. The van der Waals surface area contributed by atoms with Gasteiger partial charge < -0.3 is 21.2 Å². The van der Waals surface area contributed by atoms with Gasteiger partial charge in [0.1, 0.15) is 11.7 Å². The highest BCUT2D eigenvalue weighted by atomic mass is 35.5. The Labute approximate surface area is 241 Å². The molecule has 2 amide bonds. The molecule has 0 radical (unpaired) electrons. The third-order valence-electron chi connectivity index (χ3n) is 6.69. The normalized spacial score (nSPS) is 16.1. The quantitative estimate of drug-likeness (QED) is 0.262. The highest BCUT2D eigenvalue weighted by molar-refractivity contribution is 6.40. The summed E-state index contributed by atoms with van der Waals surface area (Å²) in [7, 11) is 0. The van der Waals surface area contributed by atoms with Gasteiger partial charge in [-0.3, -0.25) is 19.4 Å². The molecule has 1 aliphatic rings. The average Bonchev–Trinajstić information content (AvgIpc) is 3.36. The number of nitrogens with zero attached hydrogens (tertiary/aromatic N) is 3. The van der Waals surface area contributed by atoms with E-state index in [9.17, 15) is 9.59 Å². The predicted molar refractivity (Wildman–Crippen MR) is 157 cm³/mol. The third kappa shape index (κ3) is 6.29. The molecule has 3 aromatic carbocycles. The van der Waals surface area contributed by atoms with E-state index in [-0.39, 0.29) is 28.2 Å². The van der Waals surface area contributed by atoms with Crippen LogP contribution in [-0.2, 0) is 16.1 Å². The summed E-state index contributed by atoms with van der Waals surface area (Å²) < 4.78 is 6.26. The minimum absolute atomic E-state index is 0.0617. The number of hydrogen-bond acceptors (Lipinski definition) is 7. The fourth-order valence-electron chi connectivity index (χ4n) is 4.76. The molecule has 2 heterocycles. The van der Waals surface area contributed by atoms with E-state index in [1.807, 2.05) is 65.6 Å². The number of carbonyl (C=O) groups is 2. The maximum atomic E-state index is 12.8. The zero-order valence-corrected chi connectivity index (χ0v) is 23.0. The van der Waals surface area contributed by atoms with Gasteiger partial charge >= 0.3 is 0 Å². The van der Waals surface area contributed by atoms with Gasteiger partial charge in [0.2, 0.25) is 17.7 Å². The maximum absolute atomic E-state index is 12.8. The van der Waals surface area contributed by atoms with Crippen LogP contribution in [0.1, 0.15) is 5.89 Å². The Morgan fingerprint density at radius 3 is 2.23 bits per heavy atom. The zero-order valence-electron chi connectivity index (χ0n) is 21.5. The van der Waals surface area contributed by atoms with Gasteiger partial charge in [-0.25, -0.2) is 4.98 Å². The van der Waals surface area contributed by atoms with Crippen molar-refractivity contribution in [3.8, 4) is 22.6 Å². The van der Waals surface area contributed by atoms with Crippen molar-refractivity contribution < 1.29 is 14.0 Å². The molecule has 0 saturated carbocycles. The van der Waals surface area contributed by atoms with Crippen LogP contribution in [0.4, 0.5) is 11.4 Å². The molecule has 1 fully saturated rings. The lowest BCUT2D eigenvalue weighted by Crippen LogP contribution is -2.59. The number of benzene rings is 3. The minimum atomic E-state index is -0.686. The van der Waals surface area contributed by atoms with E-state index < -0.39 is 11.9 Å². The number of oxazole rings is 1. The molecule has 1 aliphatic heterocycles. The number of carbonyl (C=O) groups excluding carboxylic acids is 2. The van der Waals surface area contributed by atoms with Crippen LogP contribution in [0.2, 0.25) is 10.0 Å². The topological polar surface area (TPSA) is 131 Å². The third-order valence-corrected chi connectivity index (χ3v) is 7.29. The number of amides is 2. The lowest BCUT2D eigenvalue weighted by molar-refractivity contribution is -0.128. The Hall–Kier alpha value is -3.89. The fourth-order valence-corrected chi connectivity index (χ4v) is 5.35. The number of primary amides is 1. The maximum Gasteiger partial charge on any atom is 0.238 e. The number of nitrogens with two attached hydrogens (primary N) is 2. The molecular formula is C29H28Cl2N6O3. The number of hydrogen-bond donors (Lipinski definition) is 3. The van der Waals surface area contributed by atoms with Crippen molar-refractivity contribution in [2.45, 2.75) is 12.6 Å². The predicted octanol–water partition coefficient (Wildman–Crippen LogP) is 4.51. The van der Waals surface area contributed by atoms with Crippen LogP contribution in [0.15, 0.2) is 77.2 Å². The molecule has 5 rings (SSSR count). The number of piperazine rings is 1. The van der Waals surface area contributed by atoms with Crippen LogP contribution >= 0.6 is 23.2 Å². The summed E-state index contributed by atoms with van der Waals surface area (Å²) in [6.45, 7) is 1.64. The Bertz CT molecular complexity index is 1430. The van der Waals surface area contributed by atoms with E-state index in [1.54, 1.807) is 4.90 Å². The van der Waals surface area contributed by atoms with Crippen molar-refractivity contribution in [3.05, 3.63) is 88.7 Å². The van der Waals surface area contributed by atoms with Crippen LogP contribution in [0.5, 0.6) is 0 Å². The van der Waals surface area contributed by atoms with Gasteiger partial charge in [0.15, 0.2) is 5.76 Å². The molecular weight excluding hydrogens is 551 g/mol. The van der Waals surface area contributed by atoms with Gasteiger partial charge in [-0.2, -0.15) is 0 Å². The smallest absolute Gasteiger partial charge is 0.238 e. The number of rotatable bonds is 8. The second-order valence-electron chi connectivity index (χ2n) is 9.55. The van der Waals surface area contributed by atoms with Crippen molar-refractivity contribution in [1.29, 1.82) is 0 Å². The van der Waals surface area contributed by atoms with Crippen LogP contribution in [0, 0.1) is 0 Å². The summed E-state index contributed by atoms with van der Waals surface area (Å²) in [4.78, 5) is 33.8.